The van der Waals surface area contributed by atoms with Gasteiger partial charge in [0.1, 0.15) is 23.0 Å². The highest BCUT2D eigenvalue weighted by molar-refractivity contribution is 14.1. The van der Waals surface area contributed by atoms with Crippen molar-refractivity contribution in [2.75, 3.05) is 6.79 Å². The number of rotatable bonds is 3. The third kappa shape index (κ3) is 4.65. The molecule has 0 N–H and O–H groups in total. The Morgan fingerprint density at radius 2 is 2.22 bits per heavy atom. The molecule has 0 aliphatic heterocycles. The second kappa shape index (κ2) is 4.99. The SMILES string of the molecule is CC(C)C(=O)OCOI. The van der Waals surface area contributed by atoms with Gasteiger partial charge in [0.25, 0.3) is 0 Å². The molecule has 0 heterocycles. The van der Waals surface area contributed by atoms with Crippen LogP contribution >= 0.6 is 23.0 Å². The predicted octanol–water partition coefficient (Wildman–Crippen LogP) is 1.51. The number of carbonyl (C=O) groups excluding carboxylic acids is 1. The molecule has 0 atom stereocenters. The maximum absolute atomic E-state index is 10.6. The summed E-state index contributed by atoms with van der Waals surface area (Å²) in [6, 6.07) is 0. The molecule has 0 spiro atoms. The maximum Gasteiger partial charge on any atom is 0.310 e. The van der Waals surface area contributed by atoms with Crippen molar-refractivity contribution < 1.29 is 12.6 Å². The summed E-state index contributed by atoms with van der Waals surface area (Å²) in [5, 5.41) is 0. The molecular weight excluding hydrogens is 235 g/mol. The summed E-state index contributed by atoms with van der Waals surface area (Å²) < 4.78 is 9.07. The topological polar surface area (TPSA) is 35.5 Å². The normalized spacial score (nSPS) is 9.78. The van der Waals surface area contributed by atoms with E-state index in [2.05, 4.69) is 7.80 Å². The van der Waals surface area contributed by atoms with Gasteiger partial charge < -0.3 is 4.74 Å². The van der Waals surface area contributed by atoms with Gasteiger partial charge >= 0.3 is 5.97 Å². The number of carbonyl (C=O) groups is 1. The smallest absolute Gasteiger partial charge is 0.310 e. The van der Waals surface area contributed by atoms with E-state index in [0.717, 1.165) is 0 Å². The van der Waals surface area contributed by atoms with Gasteiger partial charge in [0.2, 0.25) is 6.79 Å². The van der Waals surface area contributed by atoms with E-state index < -0.39 is 0 Å². The molecule has 0 radical (unpaired) electrons. The lowest BCUT2D eigenvalue weighted by Gasteiger charge is -2.02. The molecule has 0 aromatic carbocycles. The first kappa shape index (κ1) is 9.16. The zero-order chi connectivity index (χ0) is 7.28. The van der Waals surface area contributed by atoms with Crippen LogP contribution in [0.4, 0.5) is 0 Å². The van der Waals surface area contributed by atoms with Crippen LogP contribution in [0, 0.1) is 5.92 Å². The number of halogens is 1. The number of ether oxygens (including phenoxy) is 1. The Morgan fingerprint density at radius 3 is 2.56 bits per heavy atom. The predicted molar refractivity (Wildman–Crippen MR) is 40.9 cm³/mol. The van der Waals surface area contributed by atoms with Gasteiger partial charge in [-0.3, -0.25) is 7.86 Å². The first-order valence-electron chi connectivity index (χ1n) is 2.58. The first-order chi connectivity index (χ1) is 4.18. The zero-order valence-electron chi connectivity index (χ0n) is 5.39. The van der Waals surface area contributed by atoms with E-state index in [4.69, 9.17) is 0 Å². The van der Waals surface area contributed by atoms with Crippen molar-refractivity contribution in [3.63, 3.8) is 0 Å². The lowest BCUT2D eigenvalue weighted by atomic mass is 10.2. The van der Waals surface area contributed by atoms with Crippen LogP contribution in [-0.4, -0.2) is 12.8 Å². The van der Waals surface area contributed by atoms with Crippen molar-refractivity contribution in [2.24, 2.45) is 5.92 Å². The number of hydrogen-bond donors (Lipinski definition) is 0. The quantitative estimate of drug-likeness (QED) is 0.429. The van der Waals surface area contributed by atoms with E-state index in [9.17, 15) is 4.79 Å². The van der Waals surface area contributed by atoms with Crippen molar-refractivity contribution in [2.45, 2.75) is 13.8 Å². The Kier molecular flexibility index (Phi) is 5.07. The van der Waals surface area contributed by atoms with Crippen LogP contribution in [0.25, 0.3) is 0 Å². The largest absolute Gasteiger partial charge is 0.437 e. The Morgan fingerprint density at radius 1 is 1.67 bits per heavy atom. The summed E-state index contributed by atoms with van der Waals surface area (Å²) >= 11 is 1.67. The molecule has 0 aromatic heterocycles. The van der Waals surface area contributed by atoms with E-state index in [-0.39, 0.29) is 18.7 Å². The minimum atomic E-state index is -0.230. The minimum Gasteiger partial charge on any atom is -0.437 e. The summed E-state index contributed by atoms with van der Waals surface area (Å²) in [6.07, 6.45) is 0. The Hall–Kier alpha value is 0.160. The molecule has 0 aromatic rings. The van der Waals surface area contributed by atoms with E-state index >= 15 is 0 Å². The fourth-order valence-corrected chi connectivity index (χ4v) is 0.374. The summed E-state index contributed by atoms with van der Waals surface area (Å²) in [4.78, 5) is 10.6. The highest BCUT2D eigenvalue weighted by Gasteiger charge is 2.06. The van der Waals surface area contributed by atoms with Gasteiger partial charge in [0.15, 0.2) is 0 Å². The van der Waals surface area contributed by atoms with Gasteiger partial charge in [-0.05, 0) is 0 Å². The molecule has 3 nitrogen and oxygen atoms in total. The Labute approximate surface area is 68.4 Å². The van der Waals surface area contributed by atoms with Crippen LogP contribution in [0.15, 0.2) is 0 Å². The van der Waals surface area contributed by atoms with Gasteiger partial charge in [0.05, 0.1) is 5.92 Å². The van der Waals surface area contributed by atoms with Crippen LogP contribution in [0.5, 0.6) is 0 Å². The van der Waals surface area contributed by atoms with Crippen molar-refractivity contribution >= 4 is 29.0 Å². The zero-order valence-corrected chi connectivity index (χ0v) is 7.54. The molecule has 0 amide bonds. The molecule has 0 rings (SSSR count). The van der Waals surface area contributed by atoms with Gasteiger partial charge in [0, 0.05) is 0 Å². The van der Waals surface area contributed by atoms with E-state index in [0.29, 0.717) is 0 Å². The molecule has 0 unspecified atom stereocenters. The average Bonchev–Trinajstić information content (AvgIpc) is 1.82. The molecule has 0 bridgehead atoms. The molecule has 9 heavy (non-hydrogen) atoms. The van der Waals surface area contributed by atoms with Gasteiger partial charge in [-0.25, -0.2) is 0 Å². The molecule has 0 fully saturated rings. The lowest BCUT2D eigenvalue weighted by molar-refractivity contribution is -0.152. The molecule has 54 valence electrons. The first-order valence-corrected chi connectivity index (χ1v) is 3.46. The second-order valence-electron chi connectivity index (χ2n) is 1.85. The van der Waals surface area contributed by atoms with Crippen LogP contribution < -0.4 is 0 Å². The lowest BCUT2D eigenvalue weighted by Crippen LogP contribution is -2.12. The molecule has 0 aliphatic rings. The third-order valence-corrected chi connectivity index (χ3v) is 0.971. The standard InChI is InChI=1S/C5H9IO3/c1-4(2)5(7)8-3-9-6/h4H,3H2,1-2H3. The fourth-order valence-electron chi connectivity index (χ4n) is 0.247. The maximum atomic E-state index is 10.6. The summed E-state index contributed by atoms with van der Waals surface area (Å²) in [5.74, 6) is -0.303. The Bertz CT molecular complexity index is 92.2. The molecular formula is C5H9IO3. The minimum absolute atomic E-state index is 0.0393. The fraction of sp³-hybridized carbons (Fsp3) is 0.800. The van der Waals surface area contributed by atoms with Crippen LogP contribution in [0.3, 0.4) is 0 Å². The van der Waals surface area contributed by atoms with Gasteiger partial charge in [-0.1, -0.05) is 13.8 Å². The molecule has 4 heteroatoms. The molecule has 0 aliphatic carbocycles. The van der Waals surface area contributed by atoms with E-state index in [1.54, 1.807) is 36.9 Å². The third-order valence-electron chi connectivity index (χ3n) is 0.717. The number of hydrogen-bond acceptors (Lipinski definition) is 3. The van der Waals surface area contributed by atoms with Crippen molar-refractivity contribution in [3.8, 4) is 0 Å². The second-order valence-corrected chi connectivity index (χ2v) is 2.47. The van der Waals surface area contributed by atoms with Crippen LogP contribution in [0.1, 0.15) is 13.8 Å². The van der Waals surface area contributed by atoms with E-state index in [1.807, 2.05) is 0 Å². The average molecular weight is 244 g/mol. The van der Waals surface area contributed by atoms with Crippen LogP contribution in [-0.2, 0) is 12.6 Å². The molecule has 0 saturated heterocycles. The van der Waals surface area contributed by atoms with Crippen molar-refractivity contribution in [1.82, 2.24) is 0 Å². The van der Waals surface area contributed by atoms with Crippen LogP contribution in [0.2, 0.25) is 0 Å². The highest BCUT2D eigenvalue weighted by Crippen LogP contribution is 1.96. The summed E-state index contributed by atoms with van der Waals surface area (Å²) in [6.45, 7) is 3.59. The Balaban J connectivity index is 3.28. The van der Waals surface area contributed by atoms with Gasteiger partial charge in [-0.15, -0.1) is 0 Å². The number of esters is 1. The molecule has 0 saturated carbocycles. The van der Waals surface area contributed by atoms with Crippen molar-refractivity contribution in [1.29, 1.82) is 0 Å². The van der Waals surface area contributed by atoms with Crippen molar-refractivity contribution in [3.05, 3.63) is 0 Å². The van der Waals surface area contributed by atoms with Gasteiger partial charge in [-0.2, -0.15) is 0 Å². The summed E-state index contributed by atoms with van der Waals surface area (Å²) in [7, 11) is 0. The summed E-state index contributed by atoms with van der Waals surface area (Å²) in [5.41, 5.74) is 0. The highest BCUT2D eigenvalue weighted by atomic mass is 127. The van der Waals surface area contributed by atoms with E-state index in [1.165, 1.54) is 0 Å². The monoisotopic (exact) mass is 244 g/mol.